The van der Waals surface area contributed by atoms with Crippen molar-refractivity contribution in [2.45, 2.75) is 12.8 Å². The molecule has 1 amide bonds. The van der Waals surface area contributed by atoms with Gasteiger partial charge < -0.3 is 19.3 Å². The van der Waals surface area contributed by atoms with Crippen LogP contribution in [0.2, 0.25) is 5.02 Å². The summed E-state index contributed by atoms with van der Waals surface area (Å²) < 4.78 is 10.7. The Morgan fingerprint density at radius 3 is 2.68 bits per heavy atom. The van der Waals surface area contributed by atoms with Crippen LogP contribution in [0.15, 0.2) is 18.2 Å². The van der Waals surface area contributed by atoms with Crippen LogP contribution in [-0.4, -0.2) is 69.8 Å². The zero-order chi connectivity index (χ0) is 18.0. The van der Waals surface area contributed by atoms with Gasteiger partial charge in [0.15, 0.2) is 0 Å². The topological polar surface area (TPSA) is 42.0 Å². The predicted molar refractivity (Wildman–Crippen MR) is 98.4 cm³/mol. The Hall–Kier alpha value is -1.30. The van der Waals surface area contributed by atoms with Crippen LogP contribution in [0.5, 0.6) is 5.75 Å². The fourth-order valence-electron chi connectivity index (χ4n) is 4.42. The molecule has 0 bridgehead atoms. The molecule has 6 heteroatoms. The number of hydrogen-bond acceptors (Lipinski definition) is 4. The van der Waals surface area contributed by atoms with E-state index in [1.54, 1.807) is 32.4 Å². The molecule has 3 rings (SSSR count). The monoisotopic (exact) mass is 366 g/mol. The molecule has 1 spiro atoms. The SMILES string of the molecule is COC[C@H]1CN(C)CC12CCN(C(=O)c1cc(OC)ccc1Cl)CC2. The zero-order valence-electron chi connectivity index (χ0n) is 15.3. The molecule has 1 aromatic carbocycles. The van der Waals surface area contributed by atoms with Gasteiger partial charge in [-0.3, -0.25) is 4.79 Å². The number of ether oxygens (including phenoxy) is 2. The van der Waals surface area contributed by atoms with E-state index in [0.717, 1.165) is 45.6 Å². The summed E-state index contributed by atoms with van der Waals surface area (Å²) in [6.45, 7) is 4.48. The van der Waals surface area contributed by atoms with Crippen molar-refractivity contribution >= 4 is 17.5 Å². The minimum atomic E-state index is -0.00612. The third kappa shape index (κ3) is 3.64. The highest BCUT2D eigenvalue weighted by Crippen LogP contribution is 2.44. The highest BCUT2D eigenvalue weighted by Gasteiger charge is 2.47. The maximum absolute atomic E-state index is 12.9. The molecule has 0 unspecified atom stereocenters. The third-order valence-electron chi connectivity index (χ3n) is 5.80. The van der Waals surface area contributed by atoms with Crippen LogP contribution in [0.1, 0.15) is 23.2 Å². The van der Waals surface area contributed by atoms with Crippen LogP contribution in [0.4, 0.5) is 0 Å². The summed E-state index contributed by atoms with van der Waals surface area (Å²) in [7, 11) is 5.54. The number of hydrogen-bond donors (Lipinski definition) is 0. The first kappa shape index (κ1) is 18.5. The van der Waals surface area contributed by atoms with Crippen LogP contribution >= 0.6 is 11.6 Å². The van der Waals surface area contributed by atoms with Gasteiger partial charge in [-0.1, -0.05) is 11.6 Å². The number of methoxy groups -OCH3 is 2. The Morgan fingerprint density at radius 2 is 2.04 bits per heavy atom. The summed E-state index contributed by atoms with van der Waals surface area (Å²) in [6.07, 6.45) is 2.03. The van der Waals surface area contributed by atoms with E-state index in [9.17, 15) is 4.79 Å². The summed E-state index contributed by atoms with van der Waals surface area (Å²) in [5, 5.41) is 0.476. The van der Waals surface area contributed by atoms with Crippen molar-refractivity contribution < 1.29 is 14.3 Å². The molecule has 138 valence electrons. The van der Waals surface area contributed by atoms with E-state index in [2.05, 4.69) is 11.9 Å². The standard InChI is InChI=1S/C19H27ClN2O3/c1-21-11-14(12-24-2)19(13-21)6-8-22(9-7-19)18(23)16-10-15(25-3)4-5-17(16)20/h4-5,10,14H,6-9,11-13H2,1-3H3/t14-/m1/s1. The van der Waals surface area contributed by atoms with E-state index in [0.29, 0.717) is 22.3 Å². The Balaban J connectivity index is 1.71. The maximum atomic E-state index is 12.9. The van der Waals surface area contributed by atoms with Gasteiger partial charge in [-0.2, -0.15) is 0 Å². The highest BCUT2D eigenvalue weighted by atomic mass is 35.5. The third-order valence-corrected chi connectivity index (χ3v) is 6.13. The van der Waals surface area contributed by atoms with Crippen LogP contribution in [-0.2, 0) is 4.74 Å². The van der Waals surface area contributed by atoms with Crippen molar-refractivity contribution in [1.29, 1.82) is 0 Å². The lowest BCUT2D eigenvalue weighted by molar-refractivity contribution is 0.0325. The van der Waals surface area contributed by atoms with Crippen molar-refractivity contribution in [1.82, 2.24) is 9.80 Å². The number of rotatable bonds is 4. The highest BCUT2D eigenvalue weighted by molar-refractivity contribution is 6.33. The molecule has 0 radical (unpaired) electrons. The quantitative estimate of drug-likeness (QED) is 0.821. The van der Waals surface area contributed by atoms with E-state index in [4.69, 9.17) is 21.1 Å². The molecule has 0 aliphatic carbocycles. The Labute approximate surface area is 154 Å². The van der Waals surface area contributed by atoms with E-state index in [1.165, 1.54) is 0 Å². The van der Waals surface area contributed by atoms with Gasteiger partial charge in [-0.15, -0.1) is 0 Å². The minimum Gasteiger partial charge on any atom is -0.497 e. The lowest BCUT2D eigenvalue weighted by Crippen LogP contribution is -2.47. The number of likely N-dealkylation sites (tertiary alicyclic amines) is 2. The Bertz CT molecular complexity index is 629. The Kier molecular flexibility index (Phi) is 5.56. The van der Waals surface area contributed by atoms with Gasteiger partial charge in [0.1, 0.15) is 5.75 Å². The van der Waals surface area contributed by atoms with Crippen LogP contribution in [0, 0.1) is 11.3 Å². The fourth-order valence-corrected chi connectivity index (χ4v) is 4.62. The first-order valence-corrected chi connectivity index (χ1v) is 9.17. The first-order valence-electron chi connectivity index (χ1n) is 8.79. The smallest absolute Gasteiger partial charge is 0.255 e. The van der Waals surface area contributed by atoms with Crippen molar-refractivity contribution in [3.8, 4) is 5.75 Å². The number of benzene rings is 1. The van der Waals surface area contributed by atoms with Crippen molar-refractivity contribution in [2.24, 2.45) is 11.3 Å². The number of piperidine rings is 1. The second kappa shape index (κ2) is 7.52. The molecule has 1 aromatic rings. The molecule has 0 saturated carbocycles. The average Bonchev–Trinajstić information content (AvgIpc) is 2.91. The lowest BCUT2D eigenvalue weighted by Gasteiger charge is -2.42. The van der Waals surface area contributed by atoms with E-state index in [1.807, 2.05) is 4.90 Å². The van der Waals surface area contributed by atoms with Gasteiger partial charge in [0.05, 0.1) is 24.3 Å². The number of amides is 1. The van der Waals surface area contributed by atoms with Crippen molar-refractivity contribution in [2.75, 3.05) is 54.1 Å². The first-order chi connectivity index (χ1) is 12.0. The van der Waals surface area contributed by atoms with Gasteiger partial charge in [0.2, 0.25) is 0 Å². The largest absolute Gasteiger partial charge is 0.497 e. The van der Waals surface area contributed by atoms with Crippen molar-refractivity contribution in [3.63, 3.8) is 0 Å². The molecular weight excluding hydrogens is 340 g/mol. The summed E-state index contributed by atoms with van der Waals surface area (Å²) in [6, 6.07) is 5.22. The van der Waals surface area contributed by atoms with Gasteiger partial charge in [-0.05, 0) is 43.5 Å². The van der Waals surface area contributed by atoms with E-state index < -0.39 is 0 Å². The van der Waals surface area contributed by atoms with E-state index >= 15 is 0 Å². The molecule has 2 saturated heterocycles. The molecular formula is C19H27ClN2O3. The molecule has 0 aromatic heterocycles. The molecule has 2 aliphatic heterocycles. The van der Waals surface area contributed by atoms with Gasteiger partial charge in [-0.25, -0.2) is 0 Å². The van der Waals surface area contributed by atoms with Crippen LogP contribution in [0.25, 0.3) is 0 Å². The summed E-state index contributed by atoms with van der Waals surface area (Å²) in [5.41, 5.74) is 0.786. The molecule has 0 N–H and O–H groups in total. The number of carbonyl (C=O) groups excluding carboxylic acids is 1. The molecule has 5 nitrogen and oxygen atoms in total. The summed E-state index contributed by atoms with van der Waals surface area (Å²) in [4.78, 5) is 17.2. The molecule has 1 atom stereocenters. The maximum Gasteiger partial charge on any atom is 0.255 e. The van der Waals surface area contributed by atoms with E-state index in [-0.39, 0.29) is 11.3 Å². The second-order valence-corrected chi connectivity index (χ2v) is 7.76. The summed E-state index contributed by atoms with van der Waals surface area (Å²) >= 11 is 6.25. The van der Waals surface area contributed by atoms with Gasteiger partial charge in [0, 0.05) is 39.2 Å². The number of carbonyl (C=O) groups is 1. The number of nitrogens with zero attached hydrogens (tertiary/aromatic N) is 2. The van der Waals surface area contributed by atoms with Crippen LogP contribution < -0.4 is 4.74 Å². The van der Waals surface area contributed by atoms with Gasteiger partial charge in [0.25, 0.3) is 5.91 Å². The average molecular weight is 367 g/mol. The number of halogens is 1. The molecule has 25 heavy (non-hydrogen) atoms. The van der Waals surface area contributed by atoms with Crippen LogP contribution in [0.3, 0.4) is 0 Å². The minimum absolute atomic E-state index is 0.00612. The summed E-state index contributed by atoms with van der Waals surface area (Å²) in [5.74, 6) is 1.19. The lowest BCUT2D eigenvalue weighted by atomic mass is 9.71. The van der Waals surface area contributed by atoms with Gasteiger partial charge >= 0.3 is 0 Å². The normalized spacial score (nSPS) is 23.2. The predicted octanol–water partition coefficient (Wildman–Crippen LogP) is 2.78. The second-order valence-electron chi connectivity index (χ2n) is 7.35. The van der Waals surface area contributed by atoms with Crippen molar-refractivity contribution in [3.05, 3.63) is 28.8 Å². The molecule has 2 fully saturated rings. The Morgan fingerprint density at radius 1 is 1.32 bits per heavy atom. The molecule has 2 aliphatic rings. The fraction of sp³-hybridized carbons (Fsp3) is 0.632. The molecule has 2 heterocycles. The zero-order valence-corrected chi connectivity index (χ0v) is 16.0.